The average molecular weight is 370 g/mol. The summed E-state index contributed by atoms with van der Waals surface area (Å²) in [6.07, 6.45) is 0.673. The average Bonchev–Trinajstić information content (AvgIpc) is 2.97. The van der Waals surface area contributed by atoms with Crippen molar-refractivity contribution in [2.24, 2.45) is 0 Å². The molecule has 24 heavy (non-hydrogen) atoms. The lowest BCUT2D eigenvalue weighted by Crippen LogP contribution is -2.42. The lowest BCUT2D eigenvalue weighted by atomic mass is 10.1. The zero-order valence-corrected chi connectivity index (χ0v) is 15.4. The number of hydrogen-bond acceptors (Lipinski definition) is 6. The van der Waals surface area contributed by atoms with E-state index in [2.05, 4.69) is 15.5 Å². The van der Waals surface area contributed by atoms with Crippen LogP contribution in [0.5, 0.6) is 5.75 Å². The molecule has 2 aromatic rings. The monoisotopic (exact) mass is 369 g/mol. The quantitative estimate of drug-likeness (QED) is 0.720. The molecule has 0 saturated heterocycles. The molecule has 1 amide bonds. The van der Waals surface area contributed by atoms with Crippen LogP contribution in [0.15, 0.2) is 24.3 Å². The Bertz CT molecular complexity index is 673. The lowest BCUT2D eigenvalue weighted by molar-refractivity contribution is -0.128. The van der Waals surface area contributed by atoms with Crippen molar-refractivity contribution in [2.75, 3.05) is 18.5 Å². The highest BCUT2D eigenvalue weighted by atomic mass is 35.5. The Morgan fingerprint density at radius 3 is 2.67 bits per heavy atom. The number of nitrogens with zero attached hydrogens (tertiary/aromatic N) is 2. The summed E-state index contributed by atoms with van der Waals surface area (Å²) >= 11 is 7.17. The molecule has 0 spiro atoms. The molecule has 0 atom stereocenters. The summed E-state index contributed by atoms with van der Waals surface area (Å²) in [7, 11) is 0. The second kappa shape index (κ2) is 8.41. The number of rotatable bonds is 8. The van der Waals surface area contributed by atoms with Gasteiger partial charge in [-0.1, -0.05) is 22.9 Å². The van der Waals surface area contributed by atoms with Crippen molar-refractivity contribution < 1.29 is 14.3 Å². The maximum atomic E-state index is 12.4. The van der Waals surface area contributed by atoms with E-state index in [-0.39, 0.29) is 5.91 Å². The van der Waals surface area contributed by atoms with E-state index in [1.54, 1.807) is 38.1 Å². The van der Waals surface area contributed by atoms with Gasteiger partial charge in [0.15, 0.2) is 5.60 Å². The number of carbonyl (C=O) groups excluding carboxylic acids is 1. The van der Waals surface area contributed by atoms with Crippen molar-refractivity contribution in [3.05, 3.63) is 34.3 Å². The fraction of sp³-hybridized carbons (Fsp3) is 0.438. The third-order valence-electron chi connectivity index (χ3n) is 3.09. The summed E-state index contributed by atoms with van der Waals surface area (Å²) in [5, 5.41) is 12.6. The number of aromatic nitrogens is 2. The molecule has 1 aromatic heterocycles. The largest absolute Gasteiger partial charge is 0.478 e. The zero-order valence-electron chi connectivity index (χ0n) is 13.8. The number of ether oxygens (including phenoxy) is 2. The van der Waals surface area contributed by atoms with E-state index < -0.39 is 5.60 Å². The van der Waals surface area contributed by atoms with E-state index in [1.807, 2.05) is 6.92 Å². The van der Waals surface area contributed by atoms with Crippen molar-refractivity contribution in [1.29, 1.82) is 0 Å². The number of nitrogens with one attached hydrogen (secondary N) is 1. The number of amides is 1. The van der Waals surface area contributed by atoms with Gasteiger partial charge in [-0.05, 0) is 45.0 Å². The van der Waals surface area contributed by atoms with E-state index in [4.69, 9.17) is 21.1 Å². The molecule has 1 aromatic carbocycles. The van der Waals surface area contributed by atoms with Gasteiger partial charge in [0.1, 0.15) is 10.8 Å². The molecule has 0 fully saturated rings. The Morgan fingerprint density at radius 2 is 2.00 bits per heavy atom. The number of carbonyl (C=O) groups is 1. The molecule has 130 valence electrons. The highest BCUT2D eigenvalue weighted by Gasteiger charge is 2.30. The van der Waals surface area contributed by atoms with Gasteiger partial charge < -0.3 is 9.47 Å². The molecule has 2 rings (SSSR count). The SMILES string of the molecule is CCOCCc1nnc(NC(=O)C(C)(C)Oc2ccc(Cl)cc2)s1. The van der Waals surface area contributed by atoms with Gasteiger partial charge in [-0.3, -0.25) is 10.1 Å². The predicted octanol–water partition coefficient (Wildman–Crippen LogP) is 3.57. The summed E-state index contributed by atoms with van der Waals surface area (Å²) in [4.78, 5) is 12.4. The summed E-state index contributed by atoms with van der Waals surface area (Å²) in [5.41, 5.74) is -1.06. The Morgan fingerprint density at radius 1 is 1.29 bits per heavy atom. The van der Waals surface area contributed by atoms with Gasteiger partial charge in [0, 0.05) is 18.1 Å². The maximum Gasteiger partial charge on any atom is 0.269 e. The van der Waals surface area contributed by atoms with E-state index in [0.717, 1.165) is 5.01 Å². The minimum Gasteiger partial charge on any atom is -0.478 e. The van der Waals surface area contributed by atoms with Crippen LogP contribution in [0.25, 0.3) is 0 Å². The fourth-order valence-corrected chi connectivity index (χ4v) is 2.64. The van der Waals surface area contributed by atoms with Crippen LogP contribution >= 0.6 is 22.9 Å². The minimum atomic E-state index is -1.06. The van der Waals surface area contributed by atoms with Crippen molar-refractivity contribution >= 4 is 34.0 Å². The normalized spacial score (nSPS) is 11.3. The van der Waals surface area contributed by atoms with Gasteiger partial charge in [-0.15, -0.1) is 10.2 Å². The number of benzene rings is 1. The molecule has 0 radical (unpaired) electrons. The first-order chi connectivity index (χ1) is 11.4. The number of anilines is 1. The van der Waals surface area contributed by atoms with Crippen LogP contribution in [-0.4, -0.2) is 34.9 Å². The predicted molar refractivity (Wildman–Crippen MR) is 94.9 cm³/mol. The molecule has 0 saturated carbocycles. The maximum absolute atomic E-state index is 12.4. The van der Waals surface area contributed by atoms with E-state index in [1.165, 1.54) is 11.3 Å². The van der Waals surface area contributed by atoms with Crippen LogP contribution in [0.4, 0.5) is 5.13 Å². The zero-order chi connectivity index (χ0) is 17.6. The second-order valence-electron chi connectivity index (χ2n) is 5.47. The van der Waals surface area contributed by atoms with Crippen molar-refractivity contribution in [3.8, 4) is 5.75 Å². The third-order valence-corrected chi connectivity index (χ3v) is 4.24. The Hall–Kier alpha value is -1.70. The van der Waals surface area contributed by atoms with Gasteiger partial charge >= 0.3 is 0 Å². The van der Waals surface area contributed by atoms with Crippen LogP contribution in [-0.2, 0) is 16.0 Å². The van der Waals surface area contributed by atoms with Crippen LogP contribution in [0, 0.1) is 0 Å². The van der Waals surface area contributed by atoms with Crippen LogP contribution in [0.1, 0.15) is 25.8 Å². The molecular weight excluding hydrogens is 350 g/mol. The highest BCUT2D eigenvalue weighted by Crippen LogP contribution is 2.23. The molecular formula is C16H20ClN3O3S. The molecule has 6 nitrogen and oxygen atoms in total. The molecule has 1 heterocycles. The van der Waals surface area contributed by atoms with Gasteiger partial charge in [-0.2, -0.15) is 0 Å². The lowest BCUT2D eigenvalue weighted by Gasteiger charge is -2.24. The molecule has 0 bridgehead atoms. The summed E-state index contributed by atoms with van der Waals surface area (Å²) in [6.45, 7) is 6.57. The molecule has 0 aliphatic carbocycles. The first-order valence-corrected chi connectivity index (χ1v) is 8.76. The van der Waals surface area contributed by atoms with Crippen molar-refractivity contribution in [1.82, 2.24) is 10.2 Å². The Kier molecular flexibility index (Phi) is 6.53. The topological polar surface area (TPSA) is 73.3 Å². The van der Waals surface area contributed by atoms with Crippen LogP contribution < -0.4 is 10.1 Å². The Balaban J connectivity index is 1.93. The summed E-state index contributed by atoms with van der Waals surface area (Å²) in [5.74, 6) is 0.263. The minimum absolute atomic E-state index is 0.301. The Labute approximate surface area is 150 Å². The number of halogens is 1. The van der Waals surface area contributed by atoms with Crippen molar-refractivity contribution in [2.45, 2.75) is 32.8 Å². The first-order valence-electron chi connectivity index (χ1n) is 7.57. The summed E-state index contributed by atoms with van der Waals surface area (Å²) < 4.78 is 11.0. The van der Waals surface area contributed by atoms with Crippen LogP contribution in [0.3, 0.4) is 0 Å². The molecule has 1 N–H and O–H groups in total. The van der Waals surface area contributed by atoms with E-state index in [0.29, 0.717) is 35.5 Å². The standard InChI is InChI=1S/C16H20ClN3O3S/c1-4-22-10-9-13-19-20-15(24-13)18-14(21)16(2,3)23-12-7-5-11(17)6-8-12/h5-8H,4,9-10H2,1-3H3,(H,18,20,21). The smallest absolute Gasteiger partial charge is 0.269 e. The first kappa shape index (κ1) is 18.6. The second-order valence-corrected chi connectivity index (χ2v) is 6.97. The summed E-state index contributed by atoms with van der Waals surface area (Å²) in [6, 6.07) is 6.85. The molecule has 0 unspecified atom stereocenters. The number of hydrogen-bond donors (Lipinski definition) is 1. The molecule has 8 heteroatoms. The van der Waals surface area contributed by atoms with Gasteiger partial charge in [0.05, 0.1) is 6.61 Å². The van der Waals surface area contributed by atoms with Gasteiger partial charge in [0.2, 0.25) is 5.13 Å². The van der Waals surface area contributed by atoms with E-state index >= 15 is 0 Å². The fourth-order valence-electron chi connectivity index (χ4n) is 1.80. The van der Waals surface area contributed by atoms with Crippen LogP contribution in [0.2, 0.25) is 5.02 Å². The van der Waals surface area contributed by atoms with Gasteiger partial charge in [0.25, 0.3) is 5.91 Å². The highest BCUT2D eigenvalue weighted by molar-refractivity contribution is 7.15. The van der Waals surface area contributed by atoms with Crippen molar-refractivity contribution in [3.63, 3.8) is 0 Å². The van der Waals surface area contributed by atoms with Gasteiger partial charge in [-0.25, -0.2) is 0 Å². The molecule has 0 aliphatic rings. The van der Waals surface area contributed by atoms with E-state index in [9.17, 15) is 4.79 Å². The third kappa shape index (κ3) is 5.43. The molecule has 0 aliphatic heterocycles.